The Kier molecular flexibility index (Phi) is 5.06. The van der Waals surface area contributed by atoms with Gasteiger partial charge < -0.3 is 10.1 Å². The quantitative estimate of drug-likeness (QED) is 0.807. The number of anilines is 1. The van der Waals surface area contributed by atoms with E-state index in [-0.39, 0.29) is 5.91 Å². The zero-order chi connectivity index (χ0) is 16.9. The summed E-state index contributed by atoms with van der Waals surface area (Å²) in [6, 6.07) is 14.0. The first-order valence-electron chi connectivity index (χ1n) is 7.84. The van der Waals surface area contributed by atoms with Crippen molar-refractivity contribution in [1.82, 2.24) is 0 Å². The predicted octanol–water partition coefficient (Wildman–Crippen LogP) is 4.90. The van der Waals surface area contributed by atoms with E-state index >= 15 is 0 Å². The number of thioether (sulfide) groups is 1. The van der Waals surface area contributed by atoms with Crippen LogP contribution in [0.5, 0.6) is 5.75 Å². The number of carbonyl (C=O) groups excluding carboxylic acids is 1. The van der Waals surface area contributed by atoms with Crippen LogP contribution in [0.15, 0.2) is 64.4 Å². The van der Waals surface area contributed by atoms with Crippen molar-refractivity contribution in [2.45, 2.75) is 18.2 Å². The third kappa shape index (κ3) is 3.71. The van der Waals surface area contributed by atoms with Gasteiger partial charge in [-0.1, -0.05) is 49.0 Å². The van der Waals surface area contributed by atoms with Gasteiger partial charge in [-0.25, -0.2) is 0 Å². The molecule has 0 radical (unpaired) electrons. The Bertz CT molecular complexity index is 807. The Hall–Kier alpha value is -2.46. The summed E-state index contributed by atoms with van der Waals surface area (Å²) >= 11 is 1.50. The first-order chi connectivity index (χ1) is 11.7. The molecule has 0 atom stereocenters. The molecule has 3 rings (SSSR count). The lowest BCUT2D eigenvalue weighted by Crippen LogP contribution is -2.17. The number of nitrogens with one attached hydrogen (secondary N) is 1. The summed E-state index contributed by atoms with van der Waals surface area (Å²) in [6.07, 6.45) is 6.67. The Labute approximate surface area is 146 Å². The van der Waals surface area contributed by atoms with E-state index in [0.717, 1.165) is 28.3 Å². The number of ether oxygens (including phenoxy) is 1. The molecule has 0 aromatic heterocycles. The van der Waals surface area contributed by atoms with E-state index in [2.05, 4.69) is 24.4 Å². The van der Waals surface area contributed by atoms with Gasteiger partial charge in [0.1, 0.15) is 5.75 Å². The molecule has 1 amide bonds. The molecule has 0 spiro atoms. The number of fused-ring (bicyclic) bond motifs is 1. The molecule has 0 fully saturated rings. The lowest BCUT2D eigenvalue weighted by atomic mass is 10.1. The molecular formula is C20H19NO2S. The molecule has 0 saturated carbocycles. The second-order valence-electron chi connectivity index (χ2n) is 5.40. The normalized spacial score (nSPS) is 15.4. The van der Waals surface area contributed by atoms with Crippen molar-refractivity contribution < 1.29 is 9.53 Å². The molecule has 3 nitrogen and oxygen atoms in total. The molecule has 0 unspecified atom stereocenters. The molecule has 0 bridgehead atoms. The second kappa shape index (κ2) is 7.41. The average molecular weight is 337 g/mol. The molecule has 0 aliphatic carbocycles. The van der Waals surface area contributed by atoms with Gasteiger partial charge in [0.25, 0.3) is 5.91 Å². The molecule has 1 N–H and O–H groups in total. The van der Waals surface area contributed by atoms with E-state index in [9.17, 15) is 4.79 Å². The Morgan fingerprint density at radius 2 is 1.96 bits per heavy atom. The molecular weight excluding hydrogens is 318 g/mol. The summed E-state index contributed by atoms with van der Waals surface area (Å²) in [4.78, 5) is 14.0. The van der Waals surface area contributed by atoms with E-state index in [1.54, 1.807) is 7.11 Å². The van der Waals surface area contributed by atoms with Gasteiger partial charge in [0, 0.05) is 4.90 Å². The Morgan fingerprint density at radius 1 is 1.17 bits per heavy atom. The standard InChI is InChI=1S/C20H19NO2S/c1-3-14-9-12-18-17(13-14)21-20(22)19(24-18)6-4-5-15-7-10-16(23-2)11-8-15/h4-13H,3H2,1-2H3,(H,21,22)/b5-4+,19-6+. The predicted molar refractivity (Wildman–Crippen MR) is 100 cm³/mol. The largest absolute Gasteiger partial charge is 0.497 e. The van der Waals surface area contributed by atoms with Crippen molar-refractivity contribution in [1.29, 1.82) is 0 Å². The van der Waals surface area contributed by atoms with Crippen molar-refractivity contribution in [2.24, 2.45) is 0 Å². The smallest absolute Gasteiger partial charge is 0.262 e. The summed E-state index contributed by atoms with van der Waals surface area (Å²) in [5.41, 5.74) is 3.18. The number of allylic oxidation sites excluding steroid dienone is 2. The van der Waals surface area contributed by atoms with Gasteiger partial charge in [-0.05, 0) is 47.9 Å². The number of rotatable bonds is 4. The summed E-state index contributed by atoms with van der Waals surface area (Å²) in [7, 11) is 1.65. The third-order valence-corrected chi connectivity index (χ3v) is 4.91. The van der Waals surface area contributed by atoms with Crippen molar-refractivity contribution in [3.05, 3.63) is 70.6 Å². The third-order valence-electron chi connectivity index (χ3n) is 3.80. The number of hydrogen-bond donors (Lipinski definition) is 1. The van der Waals surface area contributed by atoms with Gasteiger partial charge >= 0.3 is 0 Å². The van der Waals surface area contributed by atoms with Crippen LogP contribution in [0.25, 0.3) is 6.08 Å². The summed E-state index contributed by atoms with van der Waals surface area (Å²) in [6.45, 7) is 2.11. The minimum atomic E-state index is -0.0554. The van der Waals surface area contributed by atoms with Gasteiger partial charge in [0.15, 0.2) is 0 Å². The highest BCUT2D eigenvalue weighted by molar-refractivity contribution is 8.04. The number of carbonyl (C=O) groups is 1. The average Bonchev–Trinajstić information content (AvgIpc) is 2.62. The molecule has 2 aromatic rings. The van der Waals surface area contributed by atoms with Crippen LogP contribution in [0, 0.1) is 0 Å². The van der Waals surface area contributed by atoms with Crippen LogP contribution >= 0.6 is 11.8 Å². The van der Waals surface area contributed by atoms with E-state index in [4.69, 9.17) is 4.74 Å². The molecule has 2 aromatic carbocycles. The molecule has 1 aliphatic rings. The zero-order valence-corrected chi connectivity index (χ0v) is 14.5. The highest BCUT2D eigenvalue weighted by Gasteiger charge is 2.20. The van der Waals surface area contributed by atoms with Crippen molar-refractivity contribution >= 4 is 29.4 Å². The van der Waals surface area contributed by atoms with Crippen LogP contribution in [0.3, 0.4) is 0 Å². The number of methoxy groups -OCH3 is 1. The number of benzene rings is 2. The first kappa shape index (κ1) is 16.4. The van der Waals surface area contributed by atoms with Crippen LogP contribution in [-0.4, -0.2) is 13.0 Å². The van der Waals surface area contributed by atoms with E-state index in [1.165, 1.54) is 17.3 Å². The summed E-state index contributed by atoms with van der Waals surface area (Å²) < 4.78 is 5.14. The van der Waals surface area contributed by atoms with Gasteiger partial charge in [0.05, 0.1) is 17.7 Å². The number of amides is 1. The fourth-order valence-electron chi connectivity index (χ4n) is 2.40. The van der Waals surface area contributed by atoms with Gasteiger partial charge in [-0.15, -0.1) is 0 Å². The highest BCUT2D eigenvalue weighted by Crippen LogP contribution is 2.38. The maximum Gasteiger partial charge on any atom is 0.262 e. The van der Waals surface area contributed by atoms with Gasteiger partial charge in [-0.3, -0.25) is 4.79 Å². The number of hydrogen-bond acceptors (Lipinski definition) is 3. The Morgan fingerprint density at radius 3 is 2.67 bits per heavy atom. The molecule has 4 heteroatoms. The fraction of sp³-hybridized carbons (Fsp3) is 0.150. The minimum Gasteiger partial charge on any atom is -0.497 e. The summed E-state index contributed by atoms with van der Waals surface area (Å²) in [5.74, 6) is 0.774. The lowest BCUT2D eigenvalue weighted by molar-refractivity contribution is -0.112. The van der Waals surface area contributed by atoms with Crippen molar-refractivity contribution in [3.63, 3.8) is 0 Å². The van der Waals surface area contributed by atoms with Crippen LogP contribution in [0.1, 0.15) is 18.1 Å². The first-order valence-corrected chi connectivity index (χ1v) is 8.66. The molecule has 1 aliphatic heterocycles. The van der Waals surface area contributed by atoms with Crippen molar-refractivity contribution in [3.8, 4) is 5.75 Å². The maximum absolute atomic E-state index is 12.2. The second-order valence-corrected chi connectivity index (χ2v) is 6.49. The van der Waals surface area contributed by atoms with Gasteiger partial charge in [0.2, 0.25) is 0 Å². The lowest BCUT2D eigenvalue weighted by Gasteiger charge is -2.19. The molecule has 0 saturated heterocycles. The van der Waals surface area contributed by atoms with Crippen LogP contribution in [0.2, 0.25) is 0 Å². The molecule has 24 heavy (non-hydrogen) atoms. The SMILES string of the molecule is CCc1ccc2c(c1)NC(=O)/C(=C\C=C\c1ccc(OC)cc1)S2. The minimum absolute atomic E-state index is 0.0554. The van der Waals surface area contributed by atoms with Crippen LogP contribution < -0.4 is 10.1 Å². The molecule has 122 valence electrons. The monoisotopic (exact) mass is 337 g/mol. The fourth-order valence-corrected chi connectivity index (χ4v) is 3.29. The highest BCUT2D eigenvalue weighted by atomic mass is 32.2. The zero-order valence-electron chi connectivity index (χ0n) is 13.7. The van der Waals surface area contributed by atoms with Crippen LogP contribution in [0.4, 0.5) is 5.69 Å². The van der Waals surface area contributed by atoms with E-state index in [0.29, 0.717) is 4.91 Å². The van der Waals surface area contributed by atoms with Gasteiger partial charge in [-0.2, -0.15) is 0 Å². The topological polar surface area (TPSA) is 38.3 Å². The molecule has 1 heterocycles. The number of aryl methyl sites for hydroxylation is 1. The van der Waals surface area contributed by atoms with E-state index in [1.807, 2.05) is 48.6 Å². The summed E-state index contributed by atoms with van der Waals surface area (Å²) in [5, 5.41) is 2.97. The van der Waals surface area contributed by atoms with Crippen molar-refractivity contribution in [2.75, 3.05) is 12.4 Å². The Balaban J connectivity index is 1.75. The maximum atomic E-state index is 12.2. The van der Waals surface area contributed by atoms with E-state index < -0.39 is 0 Å². The van der Waals surface area contributed by atoms with Crippen LogP contribution in [-0.2, 0) is 11.2 Å².